The van der Waals surface area contributed by atoms with Gasteiger partial charge in [-0.15, -0.1) is 0 Å². The second-order valence-electron chi connectivity index (χ2n) is 6.34. The van der Waals surface area contributed by atoms with Crippen LogP contribution in [0.15, 0.2) is 35.3 Å². The summed E-state index contributed by atoms with van der Waals surface area (Å²) in [5.74, 6) is 0.921. The van der Waals surface area contributed by atoms with Gasteiger partial charge in [0.25, 0.3) is 0 Å². The summed E-state index contributed by atoms with van der Waals surface area (Å²) in [6.07, 6.45) is 3.30. The number of benzene rings is 1. The molecule has 2 rings (SSSR count). The van der Waals surface area contributed by atoms with Crippen LogP contribution in [0.3, 0.4) is 0 Å². The molecular formula is C18H30N4S. The summed E-state index contributed by atoms with van der Waals surface area (Å²) in [6.45, 7) is 7.57. The van der Waals surface area contributed by atoms with Crippen molar-refractivity contribution in [2.45, 2.75) is 44.1 Å². The Bertz CT molecular complexity index is 491. The van der Waals surface area contributed by atoms with E-state index in [0.29, 0.717) is 17.3 Å². The summed E-state index contributed by atoms with van der Waals surface area (Å²) in [5, 5.41) is 7.59. The molecule has 0 aromatic heterocycles. The first-order valence-electron chi connectivity index (χ1n) is 8.40. The van der Waals surface area contributed by atoms with E-state index in [0.717, 1.165) is 32.0 Å². The molecule has 0 amide bonds. The maximum Gasteiger partial charge on any atom is 0.191 e. The zero-order valence-corrected chi connectivity index (χ0v) is 15.6. The Morgan fingerprint density at radius 2 is 2.13 bits per heavy atom. The van der Waals surface area contributed by atoms with Crippen LogP contribution >= 0.6 is 11.8 Å². The molecule has 4 nitrogen and oxygen atoms in total. The molecule has 0 aliphatic carbocycles. The second kappa shape index (κ2) is 9.18. The van der Waals surface area contributed by atoms with Crippen molar-refractivity contribution in [1.82, 2.24) is 15.5 Å². The van der Waals surface area contributed by atoms with E-state index in [2.05, 4.69) is 71.0 Å². The largest absolute Gasteiger partial charge is 0.355 e. The Kier molecular flexibility index (Phi) is 7.24. The highest BCUT2D eigenvalue weighted by Crippen LogP contribution is 2.20. The number of guanidine groups is 1. The summed E-state index contributed by atoms with van der Waals surface area (Å²) >= 11 is 1.87. The van der Waals surface area contributed by atoms with Gasteiger partial charge in [-0.1, -0.05) is 37.3 Å². The molecule has 23 heavy (non-hydrogen) atoms. The van der Waals surface area contributed by atoms with Crippen molar-refractivity contribution in [3.63, 3.8) is 0 Å². The highest BCUT2D eigenvalue weighted by Gasteiger charge is 2.29. The SMILES string of the molecule is CN=C(NCC(C)SC)NC1CC(C)N(Cc2ccccc2)C1. The average molecular weight is 335 g/mol. The lowest BCUT2D eigenvalue weighted by atomic mass is 10.2. The molecule has 1 heterocycles. The maximum atomic E-state index is 4.36. The van der Waals surface area contributed by atoms with Crippen LogP contribution in [0.2, 0.25) is 0 Å². The van der Waals surface area contributed by atoms with Crippen LogP contribution in [0.5, 0.6) is 0 Å². The third-order valence-electron chi connectivity index (χ3n) is 4.46. The third-order valence-corrected chi connectivity index (χ3v) is 5.43. The van der Waals surface area contributed by atoms with E-state index < -0.39 is 0 Å². The van der Waals surface area contributed by atoms with Crippen molar-refractivity contribution in [2.75, 3.05) is 26.4 Å². The molecule has 2 N–H and O–H groups in total. The Balaban J connectivity index is 1.83. The fraction of sp³-hybridized carbons (Fsp3) is 0.611. The van der Waals surface area contributed by atoms with Crippen LogP contribution in [-0.2, 0) is 6.54 Å². The summed E-state index contributed by atoms with van der Waals surface area (Å²) < 4.78 is 0. The van der Waals surface area contributed by atoms with Crippen molar-refractivity contribution in [1.29, 1.82) is 0 Å². The van der Waals surface area contributed by atoms with E-state index in [4.69, 9.17) is 0 Å². The number of hydrogen-bond acceptors (Lipinski definition) is 3. The molecule has 128 valence electrons. The maximum absolute atomic E-state index is 4.36. The molecule has 1 aliphatic heterocycles. The molecule has 1 aliphatic rings. The fourth-order valence-electron chi connectivity index (χ4n) is 2.95. The smallest absolute Gasteiger partial charge is 0.191 e. The summed E-state index contributed by atoms with van der Waals surface area (Å²) in [6, 6.07) is 11.8. The first-order valence-corrected chi connectivity index (χ1v) is 9.69. The second-order valence-corrected chi connectivity index (χ2v) is 7.62. The van der Waals surface area contributed by atoms with Crippen LogP contribution in [0.1, 0.15) is 25.8 Å². The first-order chi connectivity index (χ1) is 11.1. The number of nitrogens with one attached hydrogen (secondary N) is 2. The zero-order valence-electron chi connectivity index (χ0n) is 14.7. The van der Waals surface area contributed by atoms with Crippen molar-refractivity contribution in [2.24, 2.45) is 4.99 Å². The molecule has 1 aromatic rings. The standard InChI is InChI=1S/C18H30N4S/c1-14-10-17(21-18(19-3)20-11-15(2)23-4)13-22(14)12-16-8-6-5-7-9-16/h5-9,14-15,17H,10-13H2,1-4H3,(H2,19,20,21). The van der Waals surface area contributed by atoms with Gasteiger partial charge in [0.2, 0.25) is 0 Å². The molecule has 0 saturated carbocycles. The van der Waals surface area contributed by atoms with Gasteiger partial charge in [-0.25, -0.2) is 0 Å². The minimum absolute atomic E-state index is 0.462. The van der Waals surface area contributed by atoms with Crippen LogP contribution < -0.4 is 10.6 Å². The molecule has 0 radical (unpaired) electrons. The lowest BCUT2D eigenvalue weighted by Gasteiger charge is -2.21. The highest BCUT2D eigenvalue weighted by atomic mass is 32.2. The minimum Gasteiger partial charge on any atom is -0.355 e. The molecule has 1 saturated heterocycles. The molecule has 1 fully saturated rings. The minimum atomic E-state index is 0.462. The summed E-state index contributed by atoms with van der Waals surface area (Å²) in [7, 11) is 1.85. The number of rotatable bonds is 6. The van der Waals surface area contributed by atoms with E-state index in [9.17, 15) is 0 Å². The molecule has 3 unspecified atom stereocenters. The van der Waals surface area contributed by atoms with Gasteiger partial charge in [0.1, 0.15) is 0 Å². The lowest BCUT2D eigenvalue weighted by molar-refractivity contribution is 0.258. The molecule has 3 atom stereocenters. The quantitative estimate of drug-likeness (QED) is 0.620. The van der Waals surface area contributed by atoms with Crippen LogP contribution in [0, 0.1) is 0 Å². The molecule has 1 aromatic carbocycles. The van der Waals surface area contributed by atoms with Crippen LogP contribution in [-0.4, -0.2) is 54.6 Å². The Hall–Kier alpha value is -1.20. The van der Waals surface area contributed by atoms with E-state index in [1.54, 1.807) is 0 Å². The van der Waals surface area contributed by atoms with Gasteiger partial charge in [-0.2, -0.15) is 11.8 Å². The van der Waals surface area contributed by atoms with Gasteiger partial charge in [-0.05, 0) is 25.2 Å². The third kappa shape index (κ3) is 5.74. The van der Waals surface area contributed by atoms with Crippen LogP contribution in [0.4, 0.5) is 0 Å². The van der Waals surface area contributed by atoms with Gasteiger partial charge < -0.3 is 10.6 Å². The predicted octanol–water partition coefficient (Wildman–Crippen LogP) is 2.57. The predicted molar refractivity (Wildman–Crippen MR) is 102 cm³/mol. The number of aliphatic imine (C=N–C) groups is 1. The summed E-state index contributed by atoms with van der Waals surface area (Å²) in [5.41, 5.74) is 1.39. The number of likely N-dealkylation sites (tertiary alicyclic amines) is 1. The highest BCUT2D eigenvalue weighted by molar-refractivity contribution is 7.99. The van der Waals surface area contributed by atoms with Gasteiger partial charge in [0.05, 0.1) is 0 Å². The van der Waals surface area contributed by atoms with Crippen molar-refractivity contribution in [3.8, 4) is 0 Å². The molecule has 5 heteroatoms. The van der Waals surface area contributed by atoms with E-state index in [1.165, 1.54) is 5.56 Å². The molecule has 0 spiro atoms. The first kappa shape index (κ1) is 18.1. The van der Waals surface area contributed by atoms with Gasteiger partial charge in [-0.3, -0.25) is 9.89 Å². The van der Waals surface area contributed by atoms with Crippen molar-refractivity contribution in [3.05, 3.63) is 35.9 Å². The normalized spacial score (nSPS) is 23.7. The Morgan fingerprint density at radius 1 is 1.39 bits per heavy atom. The fourth-order valence-corrected chi connectivity index (χ4v) is 3.20. The van der Waals surface area contributed by atoms with Crippen molar-refractivity contribution >= 4 is 17.7 Å². The average Bonchev–Trinajstić information content (AvgIpc) is 2.91. The number of hydrogen-bond donors (Lipinski definition) is 2. The number of nitrogens with zero attached hydrogens (tertiary/aromatic N) is 2. The molecular weight excluding hydrogens is 304 g/mol. The van der Waals surface area contributed by atoms with E-state index in [1.807, 2.05) is 18.8 Å². The Labute approximate surface area is 145 Å². The van der Waals surface area contributed by atoms with Gasteiger partial charge in [0, 0.05) is 44.0 Å². The monoisotopic (exact) mass is 334 g/mol. The van der Waals surface area contributed by atoms with Crippen LogP contribution in [0.25, 0.3) is 0 Å². The summed E-state index contributed by atoms with van der Waals surface area (Å²) in [4.78, 5) is 6.90. The van der Waals surface area contributed by atoms with E-state index >= 15 is 0 Å². The van der Waals surface area contributed by atoms with E-state index in [-0.39, 0.29) is 0 Å². The van der Waals surface area contributed by atoms with Crippen molar-refractivity contribution < 1.29 is 0 Å². The van der Waals surface area contributed by atoms with Gasteiger partial charge >= 0.3 is 0 Å². The zero-order chi connectivity index (χ0) is 16.7. The lowest BCUT2D eigenvalue weighted by Crippen LogP contribution is -2.46. The molecule has 0 bridgehead atoms. The topological polar surface area (TPSA) is 39.7 Å². The Morgan fingerprint density at radius 3 is 2.78 bits per heavy atom. The number of thioether (sulfide) groups is 1. The van der Waals surface area contributed by atoms with Gasteiger partial charge in [0.15, 0.2) is 5.96 Å².